The van der Waals surface area contributed by atoms with E-state index in [2.05, 4.69) is 25.3 Å². The number of aromatic nitrogens is 7. The number of hydrogen-bond acceptors (Lipinski definition) is 8. The Hall–Kier alpha value is -4.87. The quantitative estimate of drug-likeness (QED) is 0.322. The molecule has 1 aromatic carbocycles. The number of halogens is 1. The van der Waals surface area contributed by atoms with Gasteiger partial charge >= 0.3 is 0 Å². The lowest BCUT2D eigenvalue weighted by molar-refractivity contribution is 0.0557. The number of H-pyrrole nitrogens is 1. The number of rotatable bonds is 4. The first-order chi connectivity index (χ1) is 19.0. The Labute approximate surface area is 221 Å². The third-order valence-electron chi connectivity index (χ3n) is 7.84. The maximum Gasteiger partial charge on any atom is 0.292 e. The molecule has 0 radical (unpaired) electrons. The largest absolute Gasteiger partial charge is 0.505 e. The average Bonchev–Trinajstić information content (AvgIpc) is 3.69. The van der Waals surface area contributed by atoms with Gasteiger partial charge in [0, 0.05) is 52.6 Å². The van der Waals surface area contributed by atoms with E-state index in [4.69, 9.17) is 10.7 Å². The van der Waals surface area contributed by atoms with Crippen molar-refractivity contribution in [3.63, 3.8) is 0 Å². The van der Waals surface area contributed by atoms with Crippen molar-refractivity contribution in [3.05, 3.63) is 72.5 Å². The minimum Gasteiger partial charge on any atom is -0.505 e. The number of aromatic amines is 1. The van der Waals surface area contributed by atoms with Crippen LogP contribution in [0.5, 0.6) is 5.75 Å². The predicted molar refractivity (Wildman–Crippen MR) is 139 cm³/mol. The SMILES string of the molecule is Nc1cc(C2CC3CCC(C2)N3C(=O)c2nnc[nH]2)nc2c(-c3ccc(-c4ccc(O)c(F)c4)nc3)cnn12. The second kappa shape index (κ2) is 8.86. The molecule has 2 unspecified atom stereocenters. The van der Waals surface area contributed by atoms with Crippen LogP contribution >= 0.6 is 0 Å². The van der Waals surface area contributed by atoms with Gasteiger partial charge in [0.15, 0.2) is 17.2 Å². The highest BCUT2D eigenvalue weighted by Crippen LogP contribution is 2.43. The van der Waals surface area contributed by atoms with Gasteiger partial charge in [-0.2, -0.15) is 9.61 Å². The third kappa shape index (κ3) is 3.87. The van der Waals surface area contributed by atoms with E-state index in [1.54, 1.807) is 29.0 Å². The second-order valence-corrected chi connectivity index (χ2v) is 10.1. The zero-order chi connectivity index (χ0) is 26.7. The lowest BCUT2D eigenvalue weighted by Gasteiger charge is -2.38. The Morgan fingerprint density at radius 1 is 1.08 bits per heavy atom. The molecule has 7 rings (SSSR count). The van der Waals surface area contributed by atoms with Crippen molar-refractivity contribution in [2.24, 2.45) is 0 Å². The molecule has 12 heteroatoms. The number of hydrogen-bond donors (Lipinski definition) is 3. The van der Waals surface area contributed by atoms with Crippen molar-refractivity contribution < 1.29 is 14.3 Å². The molecule has 2 saturated heterocycles. The van der Waals surface area contributed by atoms with Gasteiger partial charge in [-0.05, 0) is 49.9 Å². The molecular weight excluding hydrogens is 501 g/mol. The number of nitrogens with two attached hydrogens (primary N) is 1. The Morgan fingerprint density at radius 3 is 2.56 bits per heavy atom. The fourth-order valence-electron chi connectivity index (χ4n) is 5.99. The van der Waals surface area contributed by atoms with Crippen LogP contribution in [0.3, 0.4) is 0 Å². The molecule has 2 fully saturated rings. The lowest BCUT2D eigenvalue weighted by atomic mass is 9.87. The average molecular weight is 526 g/mol. The number of phenolic OH excluding ortho intramolecular Hbond substituents is 1. The van der Waals surface area contributed by atoms with Crippen LogP contribution in [0.1, 0.15) is 47.9 Å². The first-order valence-corrected chi connectivity index (χ1v) is 12.7. The number of nitrogen functional groups attached to an aromatic ring is 1. The molecule has 2 aliphatic heterocycles. The van der Waals surface area contributed by atoms with E-state index < -0.39 is 11.6 Å². The van der Waals surface area contributed by atoms with E-state index in [1.807, 2.05) is 17.0 Å². The van der Waals surface area contributed by atoms with E-state index in [9.17, 15) is 14.3 Å². The van der Waals surface area contributed by atoms with Gasteiger partial charge < -0.3 is 20.7 Å². The topological polar surface area (TPSA) is 151 Å². The van der Waals surface area contributed by atoms with Crippen LogP contribution < -0.4 is 5.73 Å². The van der Waals surface area contributed by atoms with Crippen LogP contribution in [-0.4, -0.2) is 62.8 Å². The number of amides is 1. The monoisotopic (exact) mass is 525 g/mol. The molecule has 5 aromatic rings. The molecule has 0 saturated carbocycles. The molecule has 4 aromatic heterocycles. The van der Waals surface area contributed by atoms with Crippen molar-refractivity contribution in [1.29, 1.82) is 0 Å². The van der Waals surface area contributed by atoms with Crippen molar-refractivity contribution in [2.45, 2.75) is 43.7 Å². The van der Waals surface area contributed by atoms with E-state index >= 15 is 0 Å². The van der Waals surface area contributed by atoms with Gasteiger partial charge in [0.2, 0.25) is 5.82 Å². The number of piperidine rings is 1. The summed E-state index contributed by atoms with van der Waals surface area (Å²) in [4.78, 5) is 27.3. The number of nitrogens with zero attached hydrogens (tertiary/aromatic N) is 7. The number of pyridine rings is 1. The normalized spacial score (nSPS) is 20.5. The Morgan fingerprint density at radius 2 is 1.87 bits per heavy atom. The predicted octanol–water partition coefficient (Wildman–Crippen LogP) is 3.55. The molecule has 0 aliphatic carbocycles. The lowest BCUT2D eigenvalue weighted by Crippen LogP contribution is -2.46. The van der Waals surface area contributed by atoms with Gasteiger partial charge in [-0.25, -0.2) is 9.37 Å². The zero-order valence-electron chi connectivity index (χ0n) is 20.7. The second-order valence-electron chi connectivity index (χ2n) is 10.1. The van der Waals surface area contributed by atoms with Crippen LogP contribution in [0.4, 0.5) is 10.2 Å². The summed E-state index contributed by atoms with van der Waals surface area (Å²) in [6, 6.07) is 9.93. The summed E-state index contributed by atoms with van der Waals surface area (Å²) in [5.74, 6) is -0.297. The van der Waals surface area contributed by atoms with Gasteiger partial charge in [0.25, 0.3) is 5.91 Å². The first kappa shape index (κ1) is 23.3. The minimum atomic E-state index is -0.699. The van der Waals surface area contributed by atoms with Gasteiger partial charge in [0.1, 0.15) is 12.1 Å². The number of benzene rings is 1. The van der Waals surface area contributed by atoms with E-state index in [-0.39, 0.29) is 29.7 Å². The molecule has 4 N–H and O–H groups in total. The Balaban J connectivity index is 1.18. The summed E-state index contributed by atoms with van der Waals surface area (Å²) in [6.07, 6.45) is 8.30. The van der Waals surface area contributed by atoms with Crippen molar-refractivity contribution in [1.82, 2.24) is 39.7 Å². The molecule has 2 atom stereocenters. The van der Waals surface area contributed by atoms with Crippen LogP contribution in [0.15, 0.2) is 55.1 Å². The maximum absolute atomic E-state index is 13.8. The molecule has 11 nitrogen and oxygen atoms in total. The smallest absolute Gasteiger partial charge is 0.292 e. The highest BCUT2D eigenvalue weighted by atomic mass is 19.1. The molecule has 196 valence electrons. The summed E-state index contributed by atoms with van der Waals surface area (Å²) in [6.45, 7) is 0. The molecule has 2 aliphatic rings. The summed E-state index contributed by atoms with van der Waals surface area (Å²) in [5.41, 5.74) is 10.6. The molecule has 6 heterocycles. The number of aromatic hydroxyl groups is 1. The number of carbonyl (C=O) groups excluding carboxylic acids is 1. The number of phenols is 1. The van der Waals surface area contributed by atoms with E-state index in [1.165, 1.54) is 18.5 Å². The Bertz CT molecular complexity index is 1690. The van der Waals surface area contributed by atoms with E-state index in [0.29, 0.717) is 22.7 Å². The molecule has 0 spiro atoms. The van der Waals surface area contributed by atoms with Crippen LogP contribution in [0, 0.1) is 5.82 Å². The van der Waals surface area contributed by atoms with Crippen LogP contribution in [0.25, 0.3) is 28.0 Å². The Kier molecular flexibility index (Phi) is 5.28. The number of fused-ring (bicyclic) bond motifs is 3. The van der Waals surface area contributed by atoms with Crippen molar-refractivity contribution in [2.75, 3.05) is 5.73 Å². The molecule has 39 heavy (non-hydrogen) atoms. The fraction of sp³-hybridized carbons (Fsp3) is 0.259. The summed E-state index contributed by atoms with van der Waals surface area (Å²) < 4.78 is 15.4. The van der Waals surface area contributed by atoms with E-state index in [0.717, 1.165) is 42.5 Å². The summed E-state index contributed by atoms with van der Waals surface area (Å²) in [5, 5.41) is 21.6. The van der Waals surface area contributed by atoms with Gasteiger partial charge in [0.05, 0.1) is 11.9 Å². The minimum absolute atomic E-state index is 0.106. The molecular formula is C27H24FN9O2. The summed E-state index contributed by atoms with van der Waals surface area (Å²) in [7, 11) is 0. The number of anilines is 1. The number of nitrogens with one attached hydrogen (secondary N) is 1. The zero-order valence-corrected chi connectivity index (χ0v) is 20.7. The van der Waals surface area contributed by atoms with Crippen molar-refractivity contribution >= 4 is 17.4 Å². The highest BCUT2D eigenvalue weighted by molar-refractivity contribution is 5.91. The van der Waals surface area contributed by atoms with Crippen LogP contribution in [-0.2, 0) is 0 Å². The van der Waals surface area contributed by atoms with Gasteiger partial charge in [-0.15, -0.1) is 10.2 Å². The molecule has 2 bridgehead atoms. The third-order valence-corrected chi connectivity index (χ3v) is 7.84. The fourth-order valence-corrected chi connectivity index (χ4v) is 5.99. The highest BCUT2D eigenvalue weighted by Gasteiger charge is 2.45. The standard InChI is InChI=1S/C27H24FN9O2/c28-20-9-14(2-6-23(20)38)21-5-1-15(11-30-21)19-12-33-37-24(29)10-22(34-26(19)37)16-7-17-3-4-18(8-16)36(17)27(39)25-31-13-32-35-25/h1-2,5-6,9-13,16-18,38H,3-4,7-8,29H2,(H,31,32,35). The first-order valence-electron chi connectivity index (χ1n) is 12.7. The number of carbonyl (C=O) groups is 1. The van der Waals surface area contributed by atoms with Crippen molar-refractivity contribution in [3.8, 4) is 28.1 Å². The van der Waals surface area contributed by atoms with Crippen LogP contribution in [0.2, 0.25) is 0 Å². The van der Waals surface area contributed by atoms with Gasteiger partial charge in [-0.1, -0.05) is 6.07 Å². The summed E-state index contributed by atoms with van der Waals surface area (Å²) >= 11 is 0. The van der Waals surface area contributed by atoms with Gasteiger partial charge in [-0.3, -0.25) is 9.78 Å². The maximum atomic E-state index is 13.8. The molecule has 1 amide bonds.